The molecule has 1 N–H and O–H groups in total. The normalized spacial score (nSPS) is 12.1. The van der Waals surface area contributed by atoms with E-state index in [2.05, 4.69) is 10.3 Å². The van der Waals surface area contributed by atoms with Gasteiger partial charge in [-0.3, -0.25) is 9.59 Å². The highest BCUT2D eigenvalue weighted by Crippen LogP contribution is 2.26. The van der Waals surface area contributed by atoms with Crippen LogP contribution in [0.5, 0.6) is 0 Å². The maximum absolute atomic E-state index is 13.4. The van der Waals surface area contributed by atoms with E-state index in [4.69, 9.17) is 0 Å². The molecule has 2 amide bonds. The summed E-state index contributed by atoms with van der Waals surface area (Å²) in [4.78, 5) is 31.2. The van der Waals surface area contributed by atoms with Crippen molar-refractivity contribution >= 4 is 45.1 Å². The van der Waals surface area contributed by atoms with Crippen LogP contribution in [0.2, 0.25) is 0 Å². The number of anilines is 1. The highest BCUT2D eigenvalue weighted by molar-refractivity contribution is 7.19. The van der Waals surface area contributed by atoms with E-state index >= 15 is 0 Å². The number of fused-ring (bicyclic) bond motifs is 1. The molecule has 0 saturated carbocycles. The highest BCUT2D eigenvalue weighted by Gasteiger charge is 2.21. The summed E-state index contributed by atoms with van der Waals surface area (Å²) in [7, 11) is 0. The monoisotopic (exact) mass is 455 g/mol. The van der Waals surface area contributed by atoms with Crippen LogP contribution < -0.4 is 5.32 Å². The summed E-state index contributed by atoms with van der Waals surface area (Å²) in [6.45, 7) is 3.95. The van der Waals surface area contributed by atoms with Crippen molar-refractivity contribution in [3.63, 3.8) is 0 Å². The number of nitrogens with one attached hydrogen (secondary N) is 1. The van der Waals surface area contributed by atoms with Gasteiger partial charge in [-0.1, -0.05) is 54.6 Å². The number of carbonyl (C=O) groups excluding carboxylic acids is 2. The molecule has 4 rings (SSSR count). The SMILES string of the molecule is CC(=O)Nc1cccc(C(C)N(Cc2ccccc2)C(=O)/C=C/c2nc3ccccc3s2)c1. The summed E-state index contributed by atoms with van der Waals surface area (Å²) in [5, 5.41) is 3.61. The van der Waals surface area contributed by atoms with Crippen LogP contribution in [-0.2, 0) is 16.1 Å². The molecule has 5 nitrogen and oxygen atoms in total. The topological polar surface area (TPSA) is 62.3 Å². The third-order valence-corrected chi connectivity index (χ3v) is 6.32. The lowest BCUT2D eigenvalue weighted by Gasteiger charge is -2.29. The van der Waals surface area contributed by atoms with Crippen LogP contribution in [0.3, 0.4) is 0 Å². The largest absolute Gasteiger partial charge is 0.328 e. The minimum atomic E-state index is -0.202. The predicted octanol–water partition coefficient (Wildman–Crippen LogP) is 6.06. The zero-order valence-electron chi connectivity index (χ0n) is 18.6. The molecular formula is C27H25N3O2S. The van der Waals surface area contributed by atoms with Crippen molar-refractivity contribution in [2.45, 2.75) is 26.4 Å². The third-order valence-electron chi connectivity index (χ3n) is 5.31. The van der Waals surface area contributed by atoms with Gasteiger partial charge >= 0.3 is 0 Å². The van der Waals surface area contributed by atoms with Gasteiger partial charge in [-0.15, -0.1) is 11.3 Å². The van der Waals surface area contributed by atoms with Crippen molar-refractivity contribution in [1.82, 2.24) is 9.88 Å². The number of nitrogens with zero attached hydrogens (tertiary/aromatic N) is 2. The lowest BCUT2D eigenvalue weighted by atomic mass is 10.0. The van der Waals surface area contributed by atoms with Gasteiger partial charge in [0.25, 0.3) is 0 Å². The molecule has 0 radical (unpaired) electrons. The smallest absolute Gasteiger partial charge is 0.247 e. The first-order valence-corrected chi connectivity index (χ1v) is 11.6. The lowest BCUT2D eigenvalue weighted by Crippen LogP contribution is -2.31. The Morgan fingerprint density at radius 3 is 2.55 bits per heavy atom. The van der Waals surface area contributed by atoms with Crippen LogP contribution in [0.15, 0.2) is 84.9 Å². The van der Waals surface area contributed by atoms with Gasteiger partial charge in [-0.25, -0.2) is 4.98 Å². The molecular weight excluding hydrogens is 430 g/mol. The van der Waals surface area contributed by atoms with Crippen LogP contribution in [0.4, 0.5) is 5.69 Å². The Kier molecular flexibility index (Phi) is 6.95. The third kappa shape index (κ3) is 5.73. The molecule has 1 unspecified atom stereocenters. The second kappa shape index (κ2) is 10.2. The fraction of sp³-hybridized carbons (Fsp3) is 0.148. The van der Waals surface area contributed by atoms with Crippen LogP contribution in [0, 0.1) is 0 Å². The number of carbonyl (C=O) groups is 2. The highest BCUT2D eigenvalue weighted by atomic mass is 32.1. The zero-order valence-corrected chi connectivity index (χ0v) is 19.4. The predicted molar refractivity (Wildman–Crippen MR) is 135 cm³/mol. The molecule has 0 aliphatic rings. The fourth-order valence-corrected chi connectivity index (χ4v) is 4.52. The van der Waals surface area contributed by atoms with Crippen molar-refractivity contribution in [2.24, 2.45) is 0 Å². The Balaban J connectivity index is 1.61. The maximum Gasteiger partial charge on any atom is 0.247 e. The van der Waals surface area contributed by atoms with Gasteiger partial charge in [0.2, 0.25) is 11.8 Å². The molecule has 0 spiro atoms. The Morgan fingerprint density at radius 1 is 1.03 bits per heavy atom. The zero-order chi connectivity index (χ0) is 23.2. The van der Waals surface area contributed by atoms with E-state index in [1.807, 2.05) is 90.7 Å². The molecule has 1 atom stereocenters. The molecule has 0 saturated heterocycles. The quantitative estimate of drug-likeness (QED) is 0.345. The van der Waals surface area contributed by atoms with Crippen LogP contribution in [-0.4, -0.2) is 21.7 Å². The first-order chi connectivity index (χ1) is 16.0. The summed E-state index contributed by atoms with van der Waals surface area (Å²) in [6, 6.07) is 25.3. The second-order valence-corrected chi connectivity index (χ2v) is 8.85. The average molecular weight is 456 g/mol. The number of thiazole rings is 1. The molecule has 6 heteroatoms. The minimum absolute atomic E-state index is 0.101. The number of aromatic nitrogens is 1. The van der Waals surface area contributed by atoms with Crippen LogP contribution in [0.25, 0.3) is 16.3 Å². The minimum Gasteiger partial charge on any atom is -0.328 e. The molecule has 0 aliphatic carbocycles. The molecule has 0 bridgehead atoms. The van der Waals surface area contributed by atoms with E-state index in [1.54, 1.807) is 23.5 Å². The molecule has 0 fully saturated rings. The van der Waals surface area contributed by atoms with E-state index in [0.29, 0.717) is 12.2 Å². The van der Waals surface area contributed by atoms with Crippen molar-refractivity contribution in [2.75, 3.05) is 5.32 Å². The summed E-state index contributed by atoms with van der Waals surface area (Å²) in [5.41, 5.74) is 3.63. The molecule has 1 heterocycles. The van der Waals surface area contributed by atoms with Gasteiger partial charge in [0.05, 0.1) is 16.3 Å². The van der Waals surface area contributed by atoms with Crippen LogP contribution in [0.1, 0.15) is 36.0 Å². The van der Waals surface area contributed by atoms with Crippen molar-refractivity contribution in [1.29, 1.82) is 0 Å². The van der Waals surface area contributed by atoms with Crippen molar-refractivity contribution in [3.8, 4) is 0 Å². The van der Waals surface area contributed by atoms with Gasteiger partial charge in [0.15, 0.2) is 0 Å². The van der Waals surface area contributed by atoms with Gasteiger partial charge in [-0.05, 0) is 48.4 Å². The van der Waals surface area contributed by atoms with Crippen molar-refractivity contribution < 1.29 is 9.59 Å². The van der Waals surface area contributed by atoms with Crippen LogP contribution >= 0.6 is 11.3 Å². The average Bonchev–Trinajstić information content (AvgIpc) is 3.24. The Morgan fingerprint density at radius 2 is 1.79 bits per heavy atom. The number of benzene rings is 3. The van der Waals surface area contributed by atoms with Gasteiger partial charge in [-0.2, -0.15) is 0 Å². The van der Waals surface area contributed by atoms with E-state index in [0.717, 1.165) is 26.4 Å². The summed E-state index contributed by atoms with van der Waals surface area (Å²) < 4.78 is 1.09. The van der Waals surface area contributed by atoms with E-state index in [9.17, 15) is 9.59 Å². The molecule has 166 valence electrons. The molecule has 1 aromatic heterocycles. The summed E-state index contributed by atoms with van der Waals surface area (Å²) >= 11 is 1.56. The summed E-state index contributed by atoms with van der Waals surface area (Å²) in [5.74, 6) is -0.230. The van der Waals surface area contributed by atoms with Gasteiger partial charge in [0, 0.05) is 25.2 Å². The maximum atomic E-state index is 13.4. The summed E-state index contributed by atoms with van der Waals surface area (Å²) in [6.07, 6.45) is 3.38. The first kappa shape index (κ1) is 22.4. The Hall–Kier alpha value is -3.77. The molecule has 0 aliphatic heterocycles. The fourth-order valence-electron chi connectivity index (χ4n) is 3.64. The number of para-hydroxylation sites is 1. The van der Waals surface area contributed by atoms with Gasteiger partial charge in [0.1, 0.15) is 5.01 Å². The molecule has 4 aromatic rings. The van der Waals surface area contributed by atoms with Crippen molar-refractivity contribution in [3.05, 3.63) is 101 Å². The first-order valence-electron chi connectivity index (χ1n) is 10.8. The molecule has 33 heavy (non-hydrogen) atoms. The standard InChI is InChI=1S/C27H25N3O2S/c1-19(22-11-8-12-23(17-22)28-20(2)31)30(18-21-9-4-3-5-10-21)27(32)16-15-26-29-24-13-6-7-14-25(24)33-26/h3-17,19H,18H2,1-2H3,(H,28,31)/b16-15+. The van der Waals surface area contributed by atoms with E-state index in [-0.39, 0.29) is 17.9 Å². The Labute approximate surface area is 197 Å². The van der Waals surface area contributed by atoms with E-state index in [1.165, 1.54) is 6.92 Å². The molecule has 3 aromatic carbocycles. The Bertz CT molecular complexity index is 1260. The van der Waals surface area contributed by atoms with E-state index < -0.39 is 0 Å². The number of rotatable bonds is 7. The second-order valence-electron chi connectivity index (χ2n) is 7.79. The number of hydrogen-bond donors (Lipinski definition) is 1. The van der Waals surface area contributed by atoms with Gasteiger partial charge < -0.3 is 10.2 Å². The number of hydrogen-bond acceptors (Lipinski definition) is 4. The number of amides is 2. The lowest BCUT2D eigenvalue weighted by molar-refractivity contribution is -0.128.